The smallest absolute Gasteiger partial charge is 0.224 e. The van der Waals surface area contributed by atoms with E-state index < -0.39 is 0 Å². The highest BCUT2D eigenvalue weighted by atomic mass is 16.5. The van der Waals surface area contributed by atoms with Gasteiger partial charge in [-0.15, -0.1) is 0 Å². The topological polar surface area (TPSA) is 84.0 Å². The standard InChI is InChI=1S/C34H47N5O3/c1-25-31-9-4-5-10-32(31)39(16-7-21-42-3)34(25)28-8-6-15-38(24-28)33(41)23-29(35)22-27-11-13-30(14-12-27)37-19-17-36(18-20-37)26(2)40/h4-5,9-14,28-29H,6-8,15-24,35H2,1-3H3/t28?,29-/m1/s1. The molecule has 3 heterocycles. The van der Waals surface area contributed by atoms with Gasteiger partial charge in [0.25, 0.3) is 0 Å². The molecule has 0 saturated carbocycles. The summed E-state index contributed by atoms with van der Waals surface area (Å²) in [5.74, 6) is 0.621. The minimum absolute atomic E-state index is 0.143. The Kier molecular flexibility index (Phi) is 9.85. The van der Waals surface area contributed by atoms with Crippen molar-refractivity contribution in [3.63, 3.8) is 0 Å². The maximum atomic E-state index is 13.5. The number of ether oxygens (including phenoxy) is 1. The van der Waals surface area contributed by atoms with Crippen molar-refractivity contribution in [2.24, 2.45) is 5.73 Å². The van der Waals surface area contributed by atoms with E-state index in [1.54, 1.807) is 14.0 Å². The number of piperidine rings is 1. The number of para-hydroxylation sites is 1. The van der Waals surface area contributed by atoms with Gasteiger partial charge >= 0.3 is 0 Å². The average molecular weight is 574 g/mol. The van der Waals surface area contributed by atoms with Gasteiger partial charge in [-0.05, 0) is 61.9 Å². The van der Waals surface area contributed by atoms with Crippen LogP contribution < -0.4 is 10.6 Å². The fourth-order valence-corrected chi connectivity index (χ4v) is 6.91. The molecule has 1 aromatic heterocycles. The number of anilines is 1. The van der Waals surface area contributed by atoms with Crippen molar-refractivity contribution in [2.45, 2.75) is 64.5 Å². The van der Waals surface area contributed by atoms with E-state index in [2.05, 4.69) is 69.8 Å². The summed E-state index contributed by atoms with van der Waals surface area (Å²) in [5.41, 5.74) is 12.8. The molecule has 0 spiro atoms. The summed E-state index contributed by atoms with van der Waals surface area (Å²) in [5, 5.41) is 1.31. The van der Waals surface area contributed by atoms with Crippen LogP contribution in [0.25, 0.3) is 10.9 Å². The Morgan fingerprint density at radius 2 is 1.74 bits per heavy atom. The second-order valence-corrected chi connectivity index (χ2v) is 12.0. The summed E-state index contributed by atoms with van der Waals surface area (Å²) in [4.78, 5) is 31.3. The lowest BCUT2D eigenvalue weighted by Gasteiger charge is -2.35. The Morgan fingerprint density at radius 3 is 2.45 bits per heavy atom. The van der Waals surface area contributed by atoms with Crippen molar-refractivity contribution < 1.29 is 14.3 Å². The molecule has 42 heavy (non-hydrogen) atoms. The molecule has 8 nitrogen and oxygen atoms in total. The first-order valence-electron chi connectivity index (χ1n) is 15.5. The van der Waals surface area contributed by atoms with Gasteiger partial charge in [-0.3, -0.25) is 9.59 Å². The van der Waals surface area contributed by atoms with Gasteiger partial charge in [0.15, 0.2) is 0 Å². The lowest BCUT2D eigenvalue weighted by molar-refractivity contribution is -0.133. The molecule has 8 heteroatoms. The fraction of sp³-hybridized carbons (Fsp3) is 0.529. The number of hydrogen-bond acceptors (Lipinski definition) is 5. The van der Waals surface area contributed by atoms with E-state index in [1.165, 1.54) is 27.8 Å². The van der Waals surface area contributed by atoms with Crippen LogP contribution in [-0.4, -0.2) is 85.2 Å². The molecule has 5 rings (SSSR count). The van der Waals surface area contributed by atoms with Gasteiger partial charge in [0.1, 0.15) is 0 Å². The SMILES string of the molecule is COCCCn1c(C2CCCN(C(=O)C[C@H](N)Cc3ccc(N4CCN(C(C)=O)CC4)cc3)C2)c(C)c2ccccc21. The first-order chi connectivity index (χ1) is 20.4. The number of methoxy groups -OCH3 is 1. The number of nitrogens with zero attached hydrogens (tertiary/aromatic N) is 4. The van der Waals surface area contributed by atoms with Crippen molar-refractivity contribution >= 4 is 28.4 Å². The number of aryl methyl sites for hydroxylation is 2. The van der Waals surface area contributed by atoms with Gasteiger partial charge in [0.05, 0.1) is 0 Å². The normalized spacial score (nSPS) is 18.5. The van der Waals surface area contributed by atoms with Gasteiger partial charge < -0.3 is 29.7 Å². The van der Waals surface area contributed by atoms with Crippen LogP contribution >= 0.6 is 0 Å². The van der Waals surface area contributed by atoms with Gasteiger partial charge in [0, 0.05) is 107 Å². The van der Waals surface area contributed by atoms with Crippen molar-refractivity contribution in [3.05, 3.63) is 65.4 Å². The number of nitrogens with two attached hydrogens (primary N) is 1. The van der Waals surface area contributed by atoms with E-state index in [-0.39, 0.29) is 17.9 Å². The van der Waals surface area contributed by atoms with Crippen LogP contribution in [0, 0.1) is 6.92 Å². The number of carbonyl (C=O) groups excluding carboxylic acids is 2. The Hall–Kier alpha value is -3.36. The summed E-state index contributed by atoms with van der Waals surface area (Å²) >= 11 is 0. The molecule has 2 aliphatic rings. The second-order valence-electron chi connectivity index (χ2n) is 12.0. The number of benzene rings is 2. The number of likely N-dealkylation sites (tertiary alicyclic amines) is 1. The highest BCUT2D eigenvalue weighted by Crippen LogP contribution is 2.36. The van der Waals surface area contributed by atoms with Crippen LogP contribution in [0.4, 0.5) is 5.69 Å². The van der Waals surface area contributed by atoms with Crippen LogP contribution in [0.5, 0.6) is 0 Å². The highest BCUT2D eigenvalue weighted by molar-refractivity contribution is 5.85. The molecular formula is C34H47N5O3. The molecule has 0 bridgehead atoms. The van der Waals surface area contributed by atoms with Crippen LogP contribution in [0.1, 0.15) is 55.3 Å². The first kappa shape index (κ1) is 30.1. The largest absolute Gasteiger partial charge is 0.385 e. The Balaban J connectivity index is 1.19. The van der Waals surface area contributed by atoms with Crippen LogP contribution in [0.3, 0.4) is 0 Å². The maximum Gasteiger partial charge on any atom is 0.224 e. The second kappa shape index (κ2) is 13.7. The minimum atomic E-state index is -0.218. The summed E-state index contributed by atoms with van der Waals surface area (Å²) in [6.45, 7) is 10.3. The number of aromatic nitrogens is 1. The van der Waals surface area contributed by atoms with Crippen molar-refractivity contribution in [1.82, 2.24) is 14.4 Å². The van der Waals surface area contributed by atoms with Gasteiger partial charge in [-0.25, -0.2) is 0 Å². The third-order valence-electron chi connectivity index (χ3n) is 9.13. The first-order valence-corrected chi connectivity index (χ1v) is 15.5. The van der Waals surface area contributed by atoms with Crippen LogP contribution in [0.2, 0.25) is 0 Å². The van der Waals surface area contributed by atoms with Crippen molar-refractivity contribution in [3.8, 4) is 0 Å². The van der Waals surface area contributed by atoms with E-state index in [1.807, 2.05) is 4.90 Å². The number of carbonyl (C=O) groups is 2. The van der Waals surface area contributed by atoms with E-state index in [9.17, 15) is 9.59 Å². The lowest BCUT2D eigenvalue weighted by Crippen LogP contribution is -2.48. The molecule has 1 unspecified atom stereocenters. The van der Waals surface area contributed by atoms with E-state index in [0.29, 0.717) is 18.8 Å². The molecule has 2 aliphatic heterocycles. The zero-order valence-electron chi connectivity index (χ0n) is 25.6. The zero-order valence-corrected chi connectivity index (χ0v) is 25.6. The number of amides is 2. The maximum absolute atomic E-state index is 13.5. The number of piperazine rings is 1. The summed E-state index contributed by atoms with van der Waals surface area (Å²) in [6.07, 6.45) is 4.09. The van der Waals surface area contributed by atoms with E-state index >= 15 is 0 Å². The molecule has 2 atom stereocenters. The highest BCUT2D eigenvalue weighted by Gasteiger charge is 2.30. The molecule has 3 aromatic rings. The predicted octanol–water partition coefficient (Wildman–Crippen LogP) is 4.32. The monoisotopic (exact) mass is 573 g/mol. The zero-order chi connectivity index (χ0) is 29.6. The van der Waals surface area contributed by atoms with Crippen molar-refractivity contribution in [2.75, 3.05) is 57.9 Å². The van der Waals surface area contributed by atoms with Crippen LogP contribution in [-0.2, 0) is 27.3 Å². The van der Waals surface area contributed by atoms with Crippen molar-refractivity contribution in [1.29, 1.82) is 0 Å². The number of fused-ring (bicyclic) bond motifs is 1. The van der Waals surface area contributed by atoms with Crippen LogP contribution in [0.15, 0.2) is 48.5 Å². The predicted molar refractivity (Wildman–Crippen MR) is 169 cm³/mol. The molecule has 2 fully saturated rings. The molecular weight excluding hydrogens is 526 g/mol. The lowest BCUT2D eigenvalue weighted by atomic mass is 9.91. The molecule has 2 N–H and O–H groups in total. The average Bonchev–Trinajstić information content (AvgIpc) is 3.29. The quantitative estimate of drug-likeness (QED) is 0.365. The third-order valence-corrected chi connectivity index (χ3v) is 9.13. The Bertz CT molecular complexity index is 1360. The molecule has 2 aromatic carbocycles. The van der Waals surface area contributed by atoms with Gasteiger partial charge in [-0.2, -0.15) is 0 Å². The summed E-state index contributed by atoms with van der Waals surface area (Å²) in [6, 6.07) is 17.0. The summed E-state index contributed by atoms with van der Waals surface area (Å²) < 4.78 is 7.82. The summed E-state index contributed by atoms with van der Waals surface area (Å²) in [7, 11) is 1.75. The molecule has 226 valence electrons. The minimum Gasteiger partial charge on any atom is -0.385 e. The van der Waals surface area contributed by atoms with Gasteiger partial charge in [-0.1, -0.05) is 30.3 Å². The molecule has 0 radical (unpaired) electrons. The number of hydrogen-bond donors (Lipinski definition) is 1. The molecule has 2 saturated heterocycles. The molecule has 2 amide bonds. The van der Waals surface area contributed by atoms with E-state index in [0.717, 1.165) is 77.2 Å². The fourth-order valence-electron chi connectivity index (χ4n) is 6.91. The Labute approximate surface area is 250 Å². The molecule has 0 aliphatic carbocycles. The van der Waals surface area contributed by atoms with E-state index in [4.69, 9.17) is 10.5 Å². The third kappa shape index (κ3) is 6.81. The van der Waals surface area contributed by atoms with Gasteiger partial charge in [0.2, 0.25) is 11.8 Å². The number of rotatable bonds is 10. The Morgan fingerprint density at radius 1 is 1.00 bits per heavy atom.